The molecule has 3 aromatic heterocycles. The van der Waals surface area contributed by atoms with Crippen molar-refractivity contribution in [3.05, 3.63) is 105 Å². The van der Waals surface area contributed by atoms with Crippen LogP contribution in [0.1, 0.15) is 19.4 Å². The van der Waals surface area contributed by atoms with Crippen LogP contribution in [0.25, 0.3) is 17.5 Å². The van der Waals surface area contributed by atoms with Gasteiger partial charge in [-0.1, -0.05) is 18.2 Å². The minimum Gasteiger partial charge on any atom is -0.859 e. The lowest BCUT2D eigenvalue weighted by Crippen LogP contribution is -2.37. The average molecular weight is 577 g/mol. The number of benzene rings is 1. The Bertz CT molecular complexity index is 1780. The molecule has 1 aromatic carbocycles. The zero-order valence-electron chi connectivity index (χ0n) is 22.7. The maximum Gasteiger partial charge on any atom is 0.277 e. The highest BCUT2D eigenvalue weighted by Crippen LogP contribution is 2.22. The second-order valence-electron chi connectivity index (χ2n) is 8.63. The Morgan fingerprint density at radius 1 is 0.925 bits per heavy atom. The highest BCUT2D eigenvalue weighted by Gasteiger charge is 2.22. The minimum absolute atomic E-state index is 0.0616. The quantitative estimate of drug-likeness (QED) is 0.198. The molecule has 11 heteroatoms. The van der Waals surface area contributed by atoms with Gasteiger partial charge in [-0.3, -0.25) is 9.36 Å². The number of nitriles is 1. The van der Waals surface area contributed by atoms with Crippen molar-refractivity contribution in [1.82, 2.24) is 9.13 Å². The number of hydrogen-bond acceptors (Lipinski definition) is 6. The summed E-state index contributed by atoms with van der Waals surface area (Å²) in [6.45, 7) is 3.79. The fourth-order valence-corrected chi connectivity index (χ4v) is 5.58. The van der Waals surface area contributed by atoms with Gasteiger partial charge in [-0.15, -0.1) is 0 Å². The second kappa shape index (κ2) is 13.1. The van der Waals surface area contributed by atoms with Crippen LogP contribution in [0.5, 0.6) is 5.88 Å². The third-order valence-corrected chi connectivity index (χ3v) is 8.27. The molecular formula is C29H30N5O4S2+. The van der Waals surface area contributed by atoms with Crippen molar-refractivity contribution >= 4 is 28.1 Å². The summed E-state index contributed by atoms with van der Waals surface area (Å²) < 4.78 is 32.0. The van der Waals surface area contributed by atoms with Crippen LogP contribution in [-0.4, -0.2) is 17.6 Å². The van der Waals surface area contributed by atoms with Crippen molar-refractivity contribution in [2.45, 2.75) is 31.8 Å². The van der Waals surface area contributed by atoms with E-state index in [9.17, 15) is 23.6 Å². The average Bonchev–Trinajstić information content (AvgIpc) is 2.95. The molecule has 0 fully saturated rings. The molecule has 0 aliphatic carbocycles. The van der Waals surface area contributed by atoms with Crippen LogP contribution in [0.3, 0.4) is 0 Å². The van der Waals surface area contributed by atoms with Crippen molar-refractivity contribution in [2.24, 2.45) is 14.1 Å². The van der Waals surface area contributed by atoms with E-state index in [1.54, 1.807) is 26.0 Å². The Labute approximate surface area is 238 Å². The van der Waals surface area contributed by atoms with Crippen LogP contribution in [0.4, 0.5) is 0 Å². The Hall–Kier alpha value is -4.40. The Morgan fingerprint density at radius 3 is 1.88 bits per heavy atom. The molecule has 0 N–H and O–H groups in total. The number of sulfone groups is 1. The molecule has 0 bridgehead atoms. The first-order chi connectivity index (χ1) is 19.1. The summed E-state index contributed by atoms with van der Waals surface area (Å²) >= 11 is 5.14. The van der Waals surface area contributed by atoms with Crippen molar-refractivity contribution in [3.8, 4) is 23.3 Å². The van der Waals surface area contributed by atoms with Crippen molar-refractivity contribution in [2.75, 3.05) is 0 Å². The molecule has 0 saturated heterocycles. The maximum atomic E-state index is 12.6. The van der Waals surface area contributed by atoms with E-state index in [4.69, 9.17) is 12.2 Å². The number of hydrogen-bond donors (Lipinski definition) is 0. The van der Waals surface area contributed by atoms with Gasteiger partial charge in [-0.25, -0.2) is 8.42 Å². The molecule has 4 rings (SSSR count). The van der Waals surface area contributed by atoms with E-state index < -0.39 is 31.7 Å². The van der Waals surface area contributed by atoms with E-state index in [0.29, 0.717) is 0 Å². The molecule has 0 saturated carbocycles. The SMILES string of the molecule is CCn1c([O-])c(C=C(C#N)S(=O)(=O)c2ccccc2)c(=O)n(CC)c1=S.C[n+]1ccccc1-c1cccc[n+]1C. The first-order valence-corrected chi connectivity index (χ1v) is 14.3. The van der Waals surface area contributed by atoms with Gasteiger partial charge in [-0.05, 0) is 62.3 Å². The van der Waals surface area contributed by atoms with E-state index in [1.807, 2.05) is 12.1 Å². The number of nitrogens with zero attached hydrogens (tertiary/aromatic N) is 5. The van der Waals surface area contributed by atoms with Crippen molar-refractivity contribution in [1.29, 1.82) is 5.26 Å². The zero-order chi connectivity index (χ0) is 29.4. The molecule has 9 nitrogen and oxygen atoms in total. The topological polar surface area (TPSA) is 116 Å². The molecule has 3 heterocycles. The summed E-state index contributed by atoms with van der Waals surface area (Å²) in [6, 6.07) is 21.3. The number of pyridine rings is 2. The van der Waals surface area contributed by atoms with Crippen LogP contribution in [0.2, 0.25) is 0 Å². The molecule has 0 atom stereocenters. The molecule has 0 spiro atoms. The van der Waals surface area contributed by atoms with Gasteiger partial charge in [0.05, 0.1) is 10.5 Å². The standard InChI is InChI=1S/C17H17N3O4S2.C12H14N2/c1-3-19-15(21)14(16(22)20(4-2)17(19)25)10-13(11-18)26(23,24)12-8-6-5-7-9-12;1-13-9-5-3-7-11(13)12-8-4-6-10-14(12)2/h5-10,21H,3-4H2,1-2H3;3-10H,1-2H3/q;+2/p-1. The molecule has 0 radical (unpaired) electrons. The van der Waals surface area contributed by atoms with Gasteiger partial charge < -0.3 is 9.67 Å². The molecule has 0 amide bonds. The van der Waals surface area contributed by atoms with E-state index in [1.165, 1.54) is 44.8 Å². The first kappa shape index (κ1) is 30.1. The van der Waals surface area contributed by atoms with Gasteiger partial charge in [0.25, 0.3) is 16.9 Å². The molecule has 40 heavy (non-hydrogen) atoms. The number of rotatable bonds is 6. The molecule has 0 unspecified atom stereocenters. The smallest absolute Gasteiger partial charge is 0.277 e. The predicted octanol–water partition coefficient (Wildman–Crippen LogP) is 2.83. The molecule has 0 aliphatic rings. The van der Waals surface area contributed by atoms with Crippen molar-refractivity contribution in [3.63, 3.8) is 0 Å². The van der Waals surface area contributed by atoms with Crippen LogP contribution in [0, 0.1) is 16.1 Å². The van der Waals surface area contributed by atoms with Crippen LogP contribution >= 0.6 is 12.2 Å². The molecule has 0 aliphatic heterocycles. The lowest BCUT2D eigenvalue weighted by molar-refractivity contribution is -0.690. The molecule has 4 aromatic rings. The van der Waals surface area contributed by atoms with Gasteiger partial charge in [0.15, 0.2) is 17.2 Å². The van der Waals surface area contributed by atoms with E-state index in [0.717, 1.165) is 6.08 Å². The normalized spacial score (nSPS) is 11.3. The summed E-state index contributed by atoms with van der Waals surface area (Å²) in [6.07, 6.45) is 4.95. The van der Waals surface area contributed by atoms with E-state index >= 15 is 0 Å². The van der Waals surface area contributed by atoms with E-state index in [2.05, 4.69) is 59.9 Å². The lowest BCUT2D eigenvalue weighted by atomic mass is 10.2. The number of allylic oxidation sites excluding steroid dienone is 1. The van der Waals surface area contributed by atoms with Gasteiger partial charge in [0, 0.05) is 37.4 Å². The summed E-state index contributed by atoms with van der Waals surface area (Å²) in [5, 5.41) is 21.9. The zero-order valence-corrected chi connectivity index (χ0v) is 24.3. The number of aromatic nitrogens is 4. The highest BCUT2D eigenvalue weighted by molar-refractivity contribution is 7.95. The maximum absolute atomic E-state index is 12.6. The molecule has 206 valence electrons. The largest absolute Gasteiger partial charge is 0.859 e. The van der Waals surface area contributed by atoms with Crippen LogP contribution in [-0.2, 0) is 37.0 Å². The highest BCUT2D eigenvalue weighted by atomic mass is 32.2. The summed E-state index contributed by atoms with van der Waals surface area (Å²) in [5.41, 5.74) is 1.31. The van der Waals surface area contributed by atoms with Gasteiger partial charge in [-0.2, -0.15) is 14.4 Å². The van der Waals surface area contributed by atoms with Gasteiger partial charge in [0.1, 0.15) is 25.1 Å². The van der Waals surface area contributed by atoms with E-state index in [-0.39, 0.29) is 22.8 Å². The third-order valence-electron chi connectivity index (χ3n) is 6.15. The monoisotopic (exact) mass is 576 g/mol. The predicted molar refractivity (Wildman–Crippen MR) is 152 cm³/mol. The minimum atomic E-state index is -4.15. The lowest BCUT2D eigenvalue weighted by Gasteiger charge is -2.21. The fourth-order valence-electron chi connectivity index (χ4n) is 3.99. The Morgan fingerprint density at radius 2 is 1.43 bits per heavy atom. The first-order valence-electron chi connectivity index (χ1n) is 12.4. The summed E-state index contributed by atoms with van der Waals surface area (Å²) in [4.78, 5) is 11.8. The fraction of sp³-hybridized carbons (Fsp3) is 0.207. The summed E-state index contributed by atoms with van der Waals surface area (Å²) in [7, 11) is -0.0387. The Kier molecular flexibility index (Phi) is 9.87. The molecular weight excluding hydrogens is 546 g/mol. The third kappa shape index (κ3) is 6.25. The van der Waals surface area contributed by atoms with Crippen molar-refractivity contribution < 1.29 is 22.7 Å². The second-order valence-corrected chi connectivity index (χ2v) is 10.9. The Balaban J connectivity index is 0.000000263. The van der Waals surface area contributed by atoms with Gasteiger partial charge in [0.2, 0.25) is 9.84 Å². The van der Waals surface area contributed by atoms with Crippen LogP contribution < -0.4 is 19.8 Å². The van der Waals surface area contributed by atoms with Gasteiger partial charge >= 0.3 is 0 Å². The van der Waals surface area contributed by atoms with Crippen LogP contribution in [0.15, 0.2) is 93.7 Å². The summed E-state index contributed by atoms with van der Waals surface area (Å²) in [5.74, 6) is -0.719. The number of aryl methyl sites for hydroxylation is 2.